The summed E-state index contributed by atoms with van der Waals surface area (Å²) in [5, 5.41) is 0. The van der Waals surface area contributed by atoms with Gasteiger partial charge in [-0.05, 0) is 61.3 Å². The number of carbonyl (C=O) groups is 1. The van der Waals surface area contributed by atoms with Crippen LogP contribution in [0.4, 0.5) is 0 Å². The Balaban J connectivity index is 1.31. The van der Waals surface area contributed by atoms with Crippen molar-refractivity contribution in [2.45, 2.75) is 134 Å². The fraction of sp³-hybridized carbons (Fsp3) is 0.958. The van der Waals surface area contributed by atoms with Crippen molar-refractivity contribution >= 4 is 5.97 Å². The van der Waals surface area contributed by atoms with Crippen molar-refractivity contribution in [2.75, 3.05) is 13.2 Å². The second-order valence-corrected chi connectivity index (χ2v) is 10.7. The van der Waals surface area contributed by atoms with E-state index in [2.05, 4.69) is 0 Å². The molecule has 9 nitrogen and oxygen atoms in total. The molecule has 0 N–H and O–H groups in total. The lowest BCUT2D eigenvalue weighted by Crippen LogP contribution is -2.40. The first-order chi connectivity index (χ1) is 15.4. The molecule has 4 heterocycles. The molecule has 4 fully saturated rings. The summed E-state index contributed by atoms with van der Waals surface area (Å²) in [6.45, 7) is 13.9. The molecule has 7 atom stereocenters. The molecule has 9 heteroatoms. The molecule has 0 spiro atoms. The van der Waals surface area contributed by atoms with Crippen molar-refractivity contribution in [1.82, 2.24) is 0 Å². The molecule has 0 aromatic heterocycles. The number of unbranched alkanes of at least 4 members (excludes halogenated alkanes) is 1. The van der Waals surface area contributed by atoms with Crippen molar-refractivity contribution in [1.29, 1.82) is 0 Å². The Bertz CT molecular complexity index is 706. The van der Waals surface area contributed by atoms with Crippen LogP contribution in [-0.2, 0) is 42.7 Å². The maximum atomic E-state index is 12.3. The van der Waals surface area contributed by atoms with Gasteiger partial charge in [-0.2, -0.15) is 0 Å². The number of ether oxygens (including phenoxy) is 8. The SMILES string of the molecule is CCOC(=O)[C@@H]1OC(C)(C)O[C@H]1CCCC[C@H]1O[C@H]([C@H]2COC(C)(C)O2)[C@@H]2OC(C)(C)O[C@@H]21. The summed E-state index contributed by atoms with van der Waals surface area (Å²) >= 11 is 0. The summed E-state index contributed by atoms with van der Waals surface area (Å²) in [5.41, 5.74) is 0. The van der Waals surface area contributed by atoms with Gasteiger partial charge in [-0.3, -0.25) is 0 Å². The van der Waals surface area contributed by atoms with Gasteiger partial charge in [0.1, 0.15) is 24.4 Å². The van der Waals surface area contributed by atoms with Crippen LogP contribution < -0.4 is 0 Å². The predicted molar refractivity (Wildman–Crippen MR) is 116 cm³/mol. The van der Waals surface area contributed by atoms with Crippen LogP contribution in [0.5, 0.6) is 0 Å². The Morgan fingerprint density at radius 3 is 2.06 bits per heavy atom. The van der Waals surface area contributed by atoms with E-state index in [1.54, 1.807) is 6.92 Å². The van der Waals surface area contributed by atoms with Gasteiger partial charge >= 0.3 is 5.97 Å². The quantitative estimate of drug-likeness (QED) is 0.390. The van der Waals surface area contributed by atoms with Crippen LogP contribution in [0.1, 0.15) is 74.1 Å². The monoisotopic (exact) mass is 472 g/mol. The van der Waals surface area contributed by atoms with Crippen LogP contribution in [0, 0.1) is 0 Å². The van der Waals surface area contributed by atoms with Gasteiger partial charge in [0.15, 0.2) is 23.5 Å². The molecule has 33 heavy (non-hydrogen) atoms. The Hall–Kier alpha value is -0.810. The maximum absolute atomic E-state index is 12.3. The minimum atomic E-state index is -0.797. The van der Waals surface area contributed by atoms with Gasteiger partial charge in [-0.25, -0.2) is 4.79 Å². The number of carbonyl (C=O) groups excluding carboxylic acids is 1. The number of hydrogen-bond acceptors (Lipinski definition) is 9. The lowest BCUT2D eigenvalue weighted by atomic mass is 9.99. The van der Waals surface area contributed by atoms with Gasteiger partial charge in [-0.1, -0.05) is 12.8 Å². The van der Waals surface area contributed by atoms with Gasteiger partial charge in [0.2, 0.25) is 0 Å². The van der Waals surface area contributed by atoms with E-state index in [-0.39, 0.29) is 42.6 Å². The summed E-state index contributed by atoms with van der Waals surface area (Å²) in [7, 11) is 0. The molecule has 0 bridgehead atoms. The van der Waals surface area contributed by atoms with Crippen LogP contribution in [0.25, 0.3) is 0 Å². The number of fused-ring (bicyclic) bond motifs is 1. The standard InChI is InChI=1S/C24H40O9/c1-8-26-21(25)19-15(29-23(4,5)32-19)12-10-9-11-14-18-20(33-24(6,7)31-18)17(28-14)16-13-27-22(2,3)30-16/h14-20H,8-13H2,1-7H3/t14-,15+,16-,17-,18-,19-,20+/m1/s1. The average Bonchev–Trinajstić information content (AvgIpc) is 3.39. The Morgan fingerprint density at radius 1 is 0.788 bits per heavy atom. The fourth-order valence-electron chi connectivity index (χ4n) is 5.29. The zero-order valence-electron chi connectivity index (χ0n) is 21.0. The van der Waals surface area contributed by atoms with E-state index >= 15 is 0 Å². The van der Waals surface area contributed by atoms with Crippen molar-refractivity contribution in [3.05, 3.63) is 0 Å². The third-order valence-electron chi connectivity index (χ3n) is 6.51. The first kappa shape index (κ1) is 25.3. The Labute approximate surface area is 196 Å². The molecular formula is C24H40O9. The molecule has 0 radical (unpaired) electrons. The molecule has 4 rings (SSSR count). The Kier molecular flexibility index (Phi) is 7.15. The van der Waals surface area contributed by atoms with E-state index in [9.17, 15) is 4.79 Å². The highest BCUT2D eigenvalue weighted by atomic mass is 16.8. The number of hydrogen-bond donors (Lipinski definition) is 0. The third-order valence-corrected chi connectivity index (χ3v) is 6.51. The molecular weight excluding hydrogens is 432 g/mol. The second-order valence-electron chi connectivity index (χ2n) is 10.7. The van der Waals surface area contributed by atoms with Crippen molar-refractivity contribution in [3.8, 4) is 0 Å². The topological polar surface area (TPSA) is 90.9 Å². The van der Waals surface area contributed by atoms with Crippen molar-refractivity contribution in [3.63, 3.8) is 0 Å². The zero-order valence-corrected chi connectivity index (χ0v) is 21.0. The van der Waals surface area contributed by atoms with E-state index in [0.717, 1.165) is 19.3 Å². The summed E-state index contributed by atoms with van der Waals surface area (Å²) in [5.74, 6) is -2.44. The van der Waals surface area contributed by atoms with E-state index in [1.165, 1.54) is 0 Å². The molecule has 0 aromatic rings. The molecule has 4 saturated heterocycles. The van der Waals surface area contributed by atoms with E-state index in [1.807, 2.05) is 41.5 Å². The highest BCUT2D eigenvalue weighted by molar-refractivity contribution is 5.75. The molecule has 0 saturated carbocycles. The maximum Gasteiger partial charge on any atom is 0.338 e. The van der Waals surface area contributed by atoms with Crippen LogP contribution >= 0.6 is 0 Å². The van der Waals surface area contributed by atoms with E-state index in [4.69, 9.17) is 37.9 Å². The van der Waals surface area contributed by atoms with Gasteiger partial charge in [0.25, 0.3) is 0 Å². The van der Waals surface area contributed by atoms with Gasteiger partial charge in [0, 0.05) is 0 Å². The molecule has 4 aliphatic rings. The van der Waals surface area contributed by atoms with Crippen LogP contribution in [-0.4, -0.2) is 79.3 Å². The van der Waals surface area contributed by atoms with Crippen molar-refractivity contribution < 1.29 is 42.7 Å². The van der Waals surface area contributed by atoms with E-state index in [0.29, 0.717) is 19.6 Å². The molecule has 4 aliphatic heterocycles. The molecule has 0 aromatic carbocycles. The second kappa shape index (κ2) is 9.33. The normalized spacial score (nSPS) is 40.8. The van der Waals surface area contributed by atoms with Crippen LogP contribution in [0.2, 0.25) is 0 Å². The lowest BCUT2D eigenvalue weighted by molar-refractivity contribution is -0.207. The van der Waals surface area contributed by atoms with Gasteiger partial charge in [0.05, 0.1) is 25.4 Å². The molecule has 0 aliphatic carbocycles. The molecule has 0 unspecified atom stereocenters. The fourth-order valence-corrected chi connectivity index (χ4v) is 5.29. The zero-order chi connectivity index (χ0) is 24.0. The van der Waals surface area contributed by atoms with Gasteiger partial charge < -0.3 is 37.9 Å². The third kappa shape index (κ3) is 5.72. The lowest BCUT2D eigenvalue weighted by Gasteiger charge is -2.27. The first-order valence-electron chi connectivity index (χ1n) is 12.2. The number of rotatable bonds is 8. The first-order valence-corrected chi connectivity index (χ1v) is 12.2. The largest absolute Gasteiger partial charge is 0.464 e. The highest BCUT2D eigenvalue weighted by Gasteiger charge is 2.58. The van der Waals surface area contributed by atoms with Crippen molar-refractivity contribution in [2.24, 2.45) is 0 Å². The van der Waals surface area contributed by atoms with E-state index < -0.39 is 23.5 Å². The van der Waals surface area contributed by atoms with Gasteiger partial charge in [-0.15, -0.1) is 0 Å². The highest BCUT2D eigenvalue weighted by Crippen LogP contribution is 2.43. The minimum Gasteiger partial charge on any atom is -0.464 e. The summed E-state index contributed by atoms with van der Waals surface area (Å²) < 4.78 is 47.6. The predicted octanol–water partition coefficient (Wildman–Crippen LogP) is 3.07. The number of esters is 1. The summed E-state index contributed by atoms with van der Waals surface area (Å²) in [6, 6.07) is 0. The smallest absolute Gasteiger partial charge is 0.338 e. The van der Waals surface area contributed by atoms with Crippen LogP contribution in [0.3, 0.4) is 0 Å². The van der Waals surface area contributed by atoms with Crippen LogP contribution in [0.15, 0.2) is 0 Å². The average molecular weight is 473 g/mol. The molecule has 0 amide bonds. The Morgan fingerprint density at radius 2 is 1.42 bits per heavy atom. The minimum absolute atomic E-state index is 0.0906. The summed E-state index contributed by atoms with van der Waals surface area (Å²) in [6.07, 6.45) is 1.43. The summed E-state index contributed by atoms with van der Waals surface area (Å²) in [4.78, 5) is 12.3. The molecule has 190 valence electrons.